The van der Waals surface area contributed by atoms with E-state index in [4.69, 9.17) is 4.42 Å². The molecule has 0 aliphatic rings. The third-order valence-corrected chi connectivity index (χ3v) is 4.42. The highest BCUT2D eigenvalue weighted by Gasteiger charge is 2.19. The minimum atomic E-state index is -1.11. The maximum atomic E-state index is 12.1. The first-order valence-corrected chi connectivity index (χ1v) is 8.02. The van der Waals surface area contributed by atoms with Crippen molar-refractivity contribution in [3.05, 3.63) is 85.8 Å². The Morgan fingerprint density at radius 1 is 0.963 bits per heavy atom. The summed E-state index contributed by atoms with van der Waals surface area (Å²) < 4.78 is 5.75. The molecule has 132 valence electrons. The number of carboxylic acid groups (broad SMARTS) is 1. The molecule has 27 heavy (non-hydrogen) atoms. The van der Waals surface area contributed by atoms with Crippen LogP contribution in [0.2, 0.25) is 0 Å². The van der Waals surface area contributed by atoms with Crippen molar-refractivity contribution in [2.75, 3.05) is 0 Å². The van der Waals surface area contributed by atoms with Gasteiger partial charge in [0, 0.05) is 22.4 Å². The molecule has 0 saturated heterocycles. The Balaban J connectivity index is 2.34. The average Bonchev–Trinajstić information content (AvgIpc) is 2.66. The van der Waals surface area contributed by atoms with Gasteiger partial charge in [-0.25, -0.2) is 4.79 Å². The molecule has 0 saturated carbocycles. The van der Waals surface area contributed by atoms with Crippen LogP contribution in [-0.4, -0.2) is 16.2 Å². The molecule has 0 fully saturated rings. The van der Waals surface area contributed by atoms with E-state index in [9.17, 15) is 24.6 Å². The van der Waals surface area contributed by atoms with Crippen LogP contribution in [0.4, 0.5) is 0 Å². The molecule has 0 radical (unpaired) electrons. The summed E-state index contributed by atoms with van der Waals surface area (Å²) in [6.07, 6.45) is 0.647. The molecule has 4 rings (SSSR count). The smallest absolute Gasteiger partial charge is 0.336 e. The van der Waals surface area contributed by atoms with Gasteiger partial charge in [-0.2, -0.15) is 0 Å². The van der Waals surface area contributed by atoms with Crippen LogP contribution in [0.5, 0.6) is 0 Å². The first-order valence-electron chi connectivity index (χ1n) is 8.02. The van der Waals surface area contributed by atoms with Crippen LogP contribution in [0.15, 0.2) is 68.6 Å². The molecule has 0 spiro atoms. The zero-order valence-corrected chi connectivity index (χ0v) is 13.8. The van der Waals surface area contributed by atoms with Crippen LogP contribution in [0.1, 0.15) is 10.4 Å². The van der Waals surface area contributed by atoms with Gasteiger partial charge in [-0.05, 0) is 35.9 Å². The number of carbonyl (C=O) groups is 1. The van der Waals surface area contributed by atoms with Crippen LogP contribution in [0.25, 0.3) is 39.3 Å². The van der Waals surface area contributed by atoms with Crippen LogP contribution in [-0.2, 0) is 0 Å². The molecule has 0 unspecified atom stereocenters. The number of aliphatic hydroxyl groups is 1. The normalized spacial score (nSPS) is 11.9. The van der Waals surface area contributed by atoms with Crippen molar-refractivity contribution in [1.29, 1.82) is 0 Å². The second-order valence-electron chi connectivity index (χ2n) is 5.97. The lowest BCUT2D eigenvalue weighted by Gasteiger charge is -2.13. The molecule has 0 atom stereocenters. The van der Waals surface area contributed by atoms with Gasteiger partial charge in [0.05, 0.1) is 17.0 Å². The van der Waals surface area contributed by atoms with Gasteiger partial charge < -0.3 is 14.6 Å². The van der Waals surface area contributed by atoms with Crippen molar-refractivity contribution in [3.8, 4) is 11.1 Å². The molecule has 0 aliphatic carbocycles. The predicted molar refractivity (Wildman–Crippen MR) is 101 cm³/mol. The summed E-state index contributed by atoms with van der Waals surface area (Å²) in [5.41, 5.74) is 0.513. The molecular weight excluding hydrogens is 348 g/mol. The summed E-state index contributed by atoms with van der Waals surface area (Å²) in [4.78, 5) is 35.6. The van der Waals surface area contributed by atoms with E-state index in [1.54, 1.807) is 24.3 Å². The van der Waals surface area contributed by atoms with E-state index in [1.165, 1.54) is 30.3 Å². The number of fused-ring (bicyclic) bond motifs is 2. The third kappa shape index (κ3) is 2.55. The van der Waals surface area contributed by atoms with Gasteiger partial charge in [0.2, 0.25) is 0 Å². The van der Waals surface area contributed by atoms with Crippen molar-refractivity contribution in [3.63, 3.8) is 0 Å². The predicted octanol–water partition coefficient (Wildman–Crippen LogP) is 2.69. The zero-order valence-electron chi connectivity index (χ0n) is 13.8. The highest BCUT2D eigenvalue weighted by molar-refractivity contribution is 6.11. The quantitative estimate of drug-likeness (QED) is 0.533. The minimum Gasteiger partial charge on any atom is -0.515 e. The van der Waals surface area contributed by atoms with Crippen LogP contribution < -0.4 is 16.1 Å². The lowest BCUT2D eigenvalue weighted by atomic mass is 9.93. The molecular formula is C21H12O6. The first-order chi connectivity index (χ1) is 13.0. The standard InChI is InChI=1S/C21H12O6/c22-10-16-17(24)8-7-15-19(12-3-1-2-4-13(12)21(25)26)14-6-5-11(23)9-18(14)27-20(15)16/h1-10,22H,(H,25,26). The number of benzene rings is 3. The monoisotopic (exact) mass is 360 g/mol. The van der Waals surface area contributed by atoms with Crippen molar-refractivity contribution in [2.24, 2.45) is 0 Å². The van der Waals surface area contributed by atoms with Crippen molar-refractivity contribution in [2.45, 2.75) is 0 Å². The molecule has 2 N–H and O–H groups in total. The largest absolute Gasteiger partial charge is 0.515 e. The number of rotatable bonds is 2. The Morgan fingerprint density at radius 2 is 1.70 bits per heavy atom. The van der Waals surface area contributed by atoms with Crippen molar-refractivity contribution in [1.82, 2.24) is 0 Å². The number of carboxylic acids is 1. The summed E-state index contributed by atoms with van der Waals surface area (Å²) >= 11 is 0. The Bertz CT molecular complexity index is 1400. The van der Waals surface area contributed by atoms with Crippen molar-refractivity contribution < 1.29 is 19.4 Å². The number of aromatic carboxylic acids is 1. The molecule has 1 heterocycles. The summed E-state index contributed by atoms with van der Waals surface area (Å²) in [7, 11) is 0. The third-order valence-electron chi connectivity index (χ3n) is 4.42. The van der Waals surface area contributed by atoms with Crippen LogP contribution >= 0.6 is 0 Å². The van der Waals surface area contributed by atoms with E-state index in [-0.39, 0.29) is 27.4 Å². The topological polar surface area (TPSA) is 105 Å². The van der Waals surface area contributed by atoms with E-state index in [0.717, 1.165) is 0 Å². The zero-order chi connectivity index (χ0) is 19.1. The van der Waals surface area contributed by atoms with Gasteiger partial charge in [-0.15, -0.1) is 0 Å². The van der Waals surface area contributed by atoms with Gasteiger partial charge in [-0.1, -0.05) is 18.2 Å². The lowest BCUT2D eigenvalue weighted by molar-refractivity contribution is 0.0697. The maximum absolute atomic E-state index is 12.1. The number of aliphatic hydroxyl groups excluding tert-OH is 1. The Hall–Kier alpha value is -3.93. The fourth-order valence-electron chi connectivity index (χ4n) is 3.24. The summed E-state index contributed by atoms with van der Waals surface area (Å²) in [6, 6.07) is 13.4. The van der Waals surface area contributed by atoms with Gasteiger partial charge in [-0.3, -0.25) is 9.59 Å². The van der Waals surface area contributed by atoms with E-state index in [1.807, 2.05) is 0 Å². The lowest BCUT2D eigenvalue weighted by Crippen LogP contribution is -2.24. The average molecular weight is 360 g/mol. The number of hydrogen-bond acceptors (Lipinski definition) is 5. The van der Waals surface area contributed by atoms with E-state index in [0.29, 0.717) is 28.2 Å². The van der Waals surface area contributed by atoms with Gasteiger partial charge in [0.1, 0.15) is 11.2 Å². The molecule has 0 amide bonds. The summed E-state index contributed by atoms with van der Waals surface area (Å²) in [5.74, 6) is -1.11. The molecule has 0 bridgehead atoms. The first kappa shape index (κ1) is 16.5. The van der Waals surface area contributed by atoms with E-state index in [2.05, 4.69) is 0 Å². The fraction of sp³-hybridized carbons (Fsp3) is 0. The maximum Gasteiger partial charge on any atom is 0.336 e. The van der Waals surface area contributed by atoms with E-state index >= 15 is 0 Å². The molecule has 4 aromatic rings. The Morgan fingerprint density at radius 3 is 2.44 bits per heavy atom. The Kier molecular flexibility index (Phi) is 3.74. The highest BCUT2D eigenvalue weighted by Crippen LogP contribution is 2.36. The second kappa shape index (κ2) is 6.10. The van der Waals surface area contributed by atoms with Crippen molar-refractivity contribution >= 4 is 34.2 Å². The van der Waals surface area contributed by atoms with Crippen LogP contribution in [0.3, 0.4) is 0 Å². The molecule has 1 aromatic heterocycles. The highest BCUT2D eigenvalue weighted by atomic mass is 16.4. The van der Waals surface area contributed by atoms with Gasteiger partial charge in [0.25, 0.3) is 0 Å². The molecule has 3 aromatic carbocycles. The SMILES string of the molecule is O=C(O)c1ccccc1-c1c2ccc(=O)cc2oc2c(=CO)c(=O)ccc12. The second-order valence-corrected chi connectivity index (χ2v) is 5.97. The Labute approximate surface area is 151 Å². The fourth-order valence-corrected chi connectivity index (χ4v) is 3.24. The minimum absolute atomic E-state index is 0.0678. The van der Waals surface area contributed by atoms with E-state index < -0.39 is 11.4 Å². The van der Waals surface area contributed by atoms with Gasteiger partial charge in [0.15, 0.2) is 10.9 Å². The number of hydrogen-bond donors (Lipinski definition) is 2. The summed E-state index contributed by atoms with van der Waals surface area (Å²) in [5, 5.41) is 20.0. The van der Waals surface area contributed by atoms with Gasteiger partial charge >= 0.3 is 5.97 Å². The summed E-state index contributed by atoms with van der Waals surface area (Å²) in [6.45, 7) is 0. The molecule has 6 heteroatoms. The molecule has 0 aliphatic heterocycles. The van der Waals surface area contributed by atoms with Crippen LogP contribution in [0, 0.1) is 0 Å². The molecule has 6 nitrogen and oxygen atoms in total.